The van der Waals surface area contributed by atoms with Crippen LogP contribution in [-0.2, 0) is 25.5 Å². The summed E-state index contributed by atoms with van der Waals surface area (Å²) in [5.41, 5.74) is 4.70. The fourth-order valence-corrected chi connectivity index (χ4v) is 6.49. The van der Waals surface area contributed by atoms with Crippen LogP contribution in [0, 0.1) is 5.82 Å². The normalized spacial score (nSPS) is 17.5. The van der Waals surface area contributed by atoms with E-state index in [4.69, 9.17) is 18.9 Å². The average Bonchev–Trinajstić information content (AvgIpc) is 3.41. The molecule has 0 spiro atoms. The Balaban J connectivity index is 1.61. The molecule has 4 aromatic rings. The first kappa shape index (κ1) is 37.5. The fourth-order valence-electron chi connectivity index (χ4n) is 6.49. The number of rotatable bonds is 11. The molecule has 2 atom stereocenters. The largest absolute Gasteiger partial charge is 0.497 e. The highest BCUT2D eigenvalue weighted by molar-refractivity contribution is 6.06. The van der Waals surface area contributed by atoms with Gasteiger partial charge >= 0.3 is 5.97 Å². The van der Waals surface area contributed by atoms with Crippen LogP contribution < -0.4 is 10.1 Å². The van der Waals surface area contributed by atoms with E-state index in [1.54, 1.807) is 19.2 Å². The molecule has 1 fully saturated rings. The van der Waals surface area contributed by atoms with E-state index >= 15 is 0 Å². The van der Waals surface area contributed by atoms with Crippen molar-refractivity contribution in [2.75, 3.05) is 7.11 Å². The van der Waals surface area contributed by atoms with Crippen LogP contribution in [0.3, 0.4) is 0 Å². The van der Waals surface area contributed by atoms with E-state index in [9.17, 15) is 14.0 Å². The number of carbonyl (C=O) groups is 2. The van der Waals surface area contributed by atoms with E-state index < -0.39 is 23.6 Å². The summed E-state index contributed by atoms with van der Waals surface area (Å²) in [6.07, 6.45) is 3.61. The lowest BCUT2D eigenvalue weighted by molar-refractivity contribution is -0.290. The van der Waals surface area contributed by atoms with Crippen molar-refractivity contribution in [1.29, 1.82) is 0 Å². The summed E-state index contributed by atoms with van der Waals surface area (Å²) in [4.78, 5) is 27.2. The van der Waals surface area contributed by atoms with E-state index in [0.29, 0.717) is 18.7 Å². The van der Waals surface area contributed by atoms with Gasteiger partial charge < -0.3 is 28.8 Å². The van der Waals surface area contributed by atoms with Crippen molar-refractivity contribution in [2.45, 2.75) is 97.5 Å². The van der Waals surface area contributed by atoms with Crippen molar-refractivity contribution in [1.82, 2.24) is 9.88 Å². The lowest BCUT2D eigenvalue weighted by Gasteiger charge is -2.39. The Labute approximate surface area is 300 Å². The van der Waals surface area contributed by atoms with Crippen molar-refractivity contribution >= 4 is 18.0 Å². The topological polar surface area (TPSA) is 88.0 Å². The number of nitrogens with one attached hydrogen (secondary N) is 1. The zero-order valence-corrected chi connectivity index (χ0v) is 30.8. The van der Waals surface area contributed by atoms with Gasteiger partial charge in [-0.25, -0.2) is 4.39 Å². The van der Waals surface area contributed by atoms with Crippen LogP contribution in [0.2, 0.25) is 0 Å². The van der Waals surface area contributed by atoms with Crippen molar-refractivity contribution in [3.05, 3.63) is 108 Å². The number of benzene rings is 3. The Kier molecular flexibility index (Phi) is 11.5. The molecule has 3 aromatic carbocycles. The lowest BCUT2D eigenvalue weighted by Crippen LogP contribution is -2.45. The van der Waals surface area contributed by atoms with Gasteiger partial charge in [0.25, 0.3) is 5.91 Å². The molecule has 2 heterocycles. The molecule has 0 saturated carbocycles. The van der Waals surface area contributed by atoms with Gasteiger partial charge in [0.05, 0.1) is 25.7 Å². The second-order valence-corrected chi connectivity index (χ2v) is 14.5. The summed E-state index contributed by atoms with van der Waals surface area (Å²) >= 11 is 0. The third kappa shape index (κ3) is 9.54. The van der Waals surface area contributed by atoms with E-state index in [-0.39, 0.29) is 30.2 Å². The van der Waals surface area contributed by atoms with Crippen LogP contribution in [0.1, 0.15) is 89.1 Å². The Bertz CT molecular complexity index is 1840. The molecular weight excluding hydrogens is 647 g/mol. The summed E-state index contributed by atoms with van der Waals surface area (Å²) < 4.78 is 39.7. The maximum atomic E-state index is 14.4. The van der Waals surface area contributed by atoms with Crippen molar-refractivity contribution in [2.24, 2.45) is 0 Å². The van der Waals surface area contributed by atoms with Gasteiger partial charge in [-0.2, -0.15) is 0 Å². The molecule has 1 N–H and O–H groups in total. The summed E-state index contributed by atoms with van der Waals surface area (Å²) in [6.45, 7) is 13.5. The molecule has 0 radical (unpaired) electrons. The molecule has 1 aliphatic heterocycles. The summed E-state index contributed by atoms with van der Waals surface area (Å²) in [5.74, 6) is -1.16. The van der Waals surface area contributed by atoms with Gasteiger partial charge in [0.2, 0.25) is 0 Å². The van der Waals surface area contributed by atoms with Crippen LogP contribution >= 0.6 is 0 Å². The molecule has 1 aromatic heterocycles. The molecule has 0 aliphatic carbocycles. The van der Waals surface area contributed by atoms with Gasteiger partial charge in [0, 0.05) is 35.8 Å². The Morgan fingerprint density at radius 1 is 0.961 bits per heavy atom. The first-order valence-corrected chi connectivity index (χ1v) is 17.4. The monoisotopic (exact) mass is 696 g/mol. The predicted octanol–water partition coefficient (Wildman–Crippen LogP) is 9.14. The number of aromatic nitrogens is 1. The maximum absolute atomic E-state index is 14.4. The van der Waals surface area contributed by atoms with Gasteiger partial charge in [0.1, 0.15) is 22.9 Å². The molecule has 5 rings (SSSR count). The van der Waals surface area contributed by atoms with E-state index in [1.807, 2.05) is 120 Å². The molecule has 270 valence electrons. The minimum Gasteiger partial charge on any atom is -0.497 e. The zero-order chi connectivity index (χ0) is 36.9. The van der Waals surface area contributed by atoms with Gasteiger partial charge in [-0.05, 0) is 95.5 Å². The highest BCUT2D eigenvalue weighted by Gasteiger charge is 2.37. The molecule has 1 aliphatic rings. The van der Waals surface area contributed by atoms with Crippen LogP contribution in [0.5, 0.6) is 5.75 Å². The molecule has 51 heavy (non-hydrogen) atoms. The van der Waals surface area contributed by atoms with Crippen LogP contribution in [0.25, 0.3) is 28.3 Å². The Hall–Kier alpha value is -4.73. The molecule has 1 amide bonds. The highest BCUT2D eigenvalue weighted by atomic mass is 19.1. The maximum Gasteiger partial charge on any atom is 0.308 e. The molecule has 8 nitrogen and oxygen atoms in total. The lowest BCUT2D eigenvalue weighted by atomic mass is 9.94. The van der Waals surface area contributed by atoms with E-state index in [2.05, 4.69) is 5.32 Å². The van der Waals surface area contributed by atoms with Gasteiger partial charge in [-0.3, -0.25) is 9.59 Å². The third-order valence-electron chi connectivity index (χ3n) is 8.45. The first-order valence-electron chi connectivity index (χ1n) is 17.4. The number of hydrogen-bond acceptors (Lipinski definition) is 6. The number of carbonyl (C=O) groups excluding carboxylic acids is 2. The SMILES string of the molecule is COc1ccc(CNC(=O)c2c(-c3ccccc3)c(-c3ccc(F)cc3)c(/C=C/[C@@H]3C[C@H](CC(=O)OC(C)(C)C)OC(C)(C)O3)n2C(C)C)cc1. The summed E-state index contributed by atoms with van der Waals surface area (Å²) in [7, 11) is 1.62. The number of hydrogen-bond donors (Lipinski definition) is 1. The number of amides is 1. The average molecular weight is 697 g/mol. The van der Waals surface area contributed by atoms with Crippen LogP contribution in [-0.4, -0.2) is 47.1 Å². The highest BCUT2D eigenvalue weighted by Crippen LogP contribution is 2.43. The molecule has 1 saturated heterocycles. The summed E-state index contributed by atoms with van der Waals surface area (Å²) in [5, 5.41) is 3.15. The van der Waals surface area contributed by atoms with Crippen molar-refractivity contribution < 1.29 is 32.9 Å². The number of halogens is 1. The van der Waals surface area contributed by atoms with Crippen molar-refractivity contribution in [3.63, 3.8) is 0 Å². The Morgan fingerprint density at radius 2 is 1.61 bits per heavy atom. The zero-order valence-electron chi connectivity index (χ0n) is 30.8. The standard InChI is InChI=1S/C42H49FN2O6/c1-27(2)45-35(23-22-33-24-34(50-42(6,7)49-33)25-36(46)51-41(3,4)5)37(30-16-18-31(43)19-17-30)38(29-12-10-9-11-13-29)39(45)40(47)44-26-28-14-20-32(48-8)21-15-28/h9-23,27,33-34H,24-26H2,1-8H3,(H,44,47)/b23-22+/t33-,34-/m1/s1. The fraction of sp³-hybridized carbons (Fsp3) is 0.381. The number of methoxy groups -OCH3 is 1. The second-order valence-electron chi connectivity index (χ2n) is 14.5. The van der Waals surface area contributed by atoms with Crippen LogP contribution in [0.15, 0.2) is 84.9 Å². The van der Waals surface area contributed by atoms with Gasteiger partial charge in [-0.15, -0.1) is 0 Å². The number of nitrogens with zero attached hydrogens (tertiary/aromatic N) is 1. The molecular formula is C42H49FN2O6. The number of ether oxygens (including phenoxy) is 4. The second kappa shape index (κ2) is 15.7. The van der Waals surface area contributed by atoms with Gasteiger partial charge in [0.15, 0.2) is 5.79 Å². The molecule has 0 bridgehead atoms. The number of esters is 1. The van der Waals surface area contributed by atoms with E-state index in [1.165, 1.54) is 12.1 Å². The Morgan fingerprint density at radius 3 is 2.22 bits per heavy atom. The quantitative estimate of drug-likeness (QED) is 0.158. The van der Waals surface area contributed by atoms with E-state index in [0.717, 1.165) is 39.3 Å². The smallest absolute Gasteiger partial charge is 0.308 e. The molecule has 9 heteroatoms. The van der Waals surface area contributed by atoms with Gasteiger partial charge in [-0.1, -0.05) is 60.7 Å². The summed E-state index contributed by atoms with van der Waals surface area (Å²) in [6, 6.07) is 23.5. The molecule has 0 unspecified atom stereocenters. The van der Waals surface area contributed by atoms with Crippen molar-refractivity contribution in [3.8, 4) is 28.0 Å². The minimum atomic E-state index is -0.957. The van der Waals surface area contributed by atoms with Crippen LogP contribution in [0.4, 0.5) is 4.39 Å². The third-order valence-corrected chi connectivity index (χ3v) is 8.45. The predicted molar refractivity (Wildman–Crippen MR) is 198 cm³/mol. The first-order chi connectivity index (χ1) is 24.1. The minimum absolute atomic E-state index is 0.0915.